The van der Waals surface area contributed by atoms with Gasteiger partial charge in [-0.3, -0.25) is 4.79 Å². The fraction of sp³-hybridized carbons (Fsp3) is 0.462. The van der Waals surface area contributed by atoms with E-state index >= 15 is 0 Å². The standard InChI is InChI=1S/C13H19NO3/c1-7(2)9-5-4-8(3)13(17)12(9)10(14)6-11(15)16/h4-5,7,10,17H,6,14H2,1-3H3,(H,15,16). The van der Waals surface area contributed by atoms with Crippen LogP contribution in [0.15, 0.2) is 12.1 Å². The third-order valence-electron chi connectivity index (χ3n) is 2.84. The maximum absolute atomic E-state index is 10.7. The van der Waals surface area contributed by atoms with Gasteiger partial charge in [0.25, 0.3) is 0 Å². The molecule has 1 rings (SSSR count). The van der Waals surface area contributed by atoms with Crippen LogP contribution in [0.5, 0.6) is 5.75 Å². The predicted octanol–water partition coefficient (Wildman–Crippen LogP) is 2.30. The number of carbonyl (C=O) groups is 1. The van der Waals surface area contributed by atoms with E-state index in [0.717, 1.165) is 5.56 Å². The van der Waals surface area contributed by atoms with E-state index in [1.807, 2.05) is 26.0 Å². The number of phenolic OH excluding ortho intramolecular Hbond substituents is 1. The molecular weight excluding hydrogens is 218 g/mol. The lowest BCUT2D eigenvalue weighted by Crippen LogP contribution is -2.17. The molecule has 1 atom stereocenters. The fourth-order valence-electron chi connectivity index (χ4n) is 1.92. The van der Waals surface area contributed by atoms with Crippen LogP contribution in [-0.4, -0.2) is 16.2 Å². The summed E-state index contributed by atoms with van der Waals surface area (Å²) >= 11 is 0. The third-order valence-corrected chi connectivity index (χ3v) is 2.84. The van der Waals surface area contributed by atoms with Gasteiger partial charge in [-0.25, -0.2) is 0 Å². The number of rotatable bonds is 4. The first-order valence-corrected chi connectivity index (χ1v) is 5.64. The summed E-state index contributed by atoms with van der Waals surface area (Å²) in [7, 11) is 0. The summed E-state index contributed by atoms with van der Waals surface area (Å²) in [6.45, 7) is 5.75. The minimum Gasteiger partial charge on any atom is -0.507 e. The van der Waals surface area contributed by atoms with Crippen LogP contribution in [0, 0.1) is 6.92 Å². The van der Waals surface area contributed by atoms with Crippen molar-refractivity contribution < 1.29 is 15.0 Å². The Morgan fingerprint density at radius 3 is 2.47 bits per heavy atom. The number of aryl methyl sites for hydroxylation is 1. The molecule has 17 heavy (non-hydrogen) atoms. The number of aromatic hydroxyl groups is 1. The molecule has 0 fully saturated rings. The number of carboxylic acids is 1. The van der Waals surface area contributed by atoms with Crippen LogP contribution in [0.1, 0.15) is 48.9 Å². The zero-order chi connectivity index (χ0) is 13.2. The Hall–Kier alpha value is -1.55. The molecule has 1 aromatic carbocycles. The summed E-state index contributed by atoms with van der Waals surface area (Å²) < 4.78 is 0. The van der Waals surface area contributed by atoms with E-state index in [1.54, 1.807) is 6.92 Å². The Kier molecular flexibility index (Phi) is 4.12. The molecule has 0 heterocycles. The van der Waals surface area contributed by atoms with Crippen molar-refractivity contribution in [3.05, 3.63) is 28.8 Å². The highest BCUT2D eigenvalue weighted by Gasteiger charge is 2.21. The molecule has 1 aromatic rings. The smallest absolute Gasteiger partial charge is 0.305 e. The van der Waals surface area contributed by atoms with Crippen molar-refractivity contribution in [2.45, 2.75) is 39.2 Å². The van der Waals surface area contributed by atoms with Gasteiger partial charge in [-0.2, -0.15) is 0 Å². The van der Waals surface area contributed by atoms with E-state index in [9.17, 15) is 9.90 Å². The average Bonchev–Trinajstić information content (AvgIpc) is 2.20. The average molecular weight is 237 g/mol. The zero-order valence-electron chi connectivity index (χ0n) is 10.4. The van der Waals surface area contributed by atoms with Crippen molar-refractivity contribution >= 4 is 5.97 Å². The van der Waals surface area contributed by atoms with Gasteiger partial charge in [0.1, 0.15) is 5.75 Å². The van der Waals surface area contributed by atoms with E-state index in [2.05, 4.69) is 0 Å². The Labute approximate surface area is 101 Å². The van der Waals surface area contributed by atoms with E-state index in [0.29, 0.717) is 11.1 Å². The van der Waals surface area contributed by atoms with Gasteiger partial charge in [0.15, 0.2) is 0 Å². The summed E-state index contributed by atoms with van der Waals surface area (Å²) in [4.78, 5) is 10.7. The van der Waals surface area contributed by atoms with Crippen LogP contribution in [0.25, 0.3) is 0 Å². The summed E-state index contributed by atoms with van der Waals surface area (Å²) in [5, 5.41) is 18.8. The maximum Gasteiger partial charge on any atom is 0.305 e. The van der Waals surface area contributed by atoms with Crippen LogP contribution in [0.2, 0.25) is 0 Å². The second kappa shape index (κ2) is 5.19. The van der Waals surface area contributed by atoms with Crippen molar-refractivity contribution in [2.75, 3.05) is 0 Å². The van der Waals surface area contributed by atoms with Crippen molar-refractivity contribution in [1.29, 1.82) is 0 Å². The Balaban J connectivity index is 3.27. The molecule has 0 aliphatic heterocycles. The molecule has 94 valence electrons. The van der Waals surface area contributed by atoms with Gasteiger partial charge >= 0.3 is 5.97 Å². The van der Waals surface area contributed by atoms with Gasteiger partial charge in [0.2, 0.25) is 0 Å². The van der Waals surface area contributed by atoms with Gasteiger partial charge < -0.3 is 15.9 Å². The minimum absolute atomic E-state index is 0.116. The highest BCUT2D eigenvalue weighted by molar-refractivity contribution is 5.68. The van der Waals surface area contributed by atoms with Crippen molar-refractivity contribution in [1.82, 2.24) is 0 Å². The Morgan fingerprint density at radius 1 is 1.41 bits per heavy atom. The largest absolute Gasteiger partial charge is 0.507 e. The third kappa shape index (κ3) is 2.97. The Morgan fingerprint density at radius 2 is 2.00 bits per heavy atom. The quantitative estimate of drug-likeness (QED) is 0.750. The normalized spacial score (nSPS) is 12.8. The molecule has 0 aromatic heterocycles. The Bertz CT molecular complexity index is 427. The molecule has 0 spiro atoms. The SMILES string of the molecule is Cc1ccc(C(C)C)c(C(N)CC(=O)O)c1O. The zero-order valence-corrected chi connectivity index (χ0v) is 10.4. The second-order valence-corrected chi connectivity index (χ2v) is 4.59. The summed E-state index contributed by atoms with van der Waals surface area (Å²) in [6.07, 6.45) is -0.184. The van der Waals surface area contributed by atoms with Crippen LogP contribution < -0.4 is 5.73 Å². The number of hydrogen-bond donors (Lipinski definition) is 3. The molecule has 0 amide bonds. The van der Waals surface area contributed by atoms with Gasteiger partial charge in [-0.15, -0.1) is 0 Å². The number of benzene rings is 1. The van der Waals surface area contributed by atoms with Crippen molar-refractivity contribution in [2.24, 2.45) is 5.73 Å². The molecule has 0 saturated carbocycles. The summed E-state index contributed by atoms with van der Waals surface area (Å²) in [6, 6.07) is 3.04. The van der Waals surface area contributed by atoms with Crippen LogP contribution in [0.3, 0.4) is 0 Å². The molecule has 0 radical (unpaired) electrons. The molecule has 4 nitrogen and oxygen atoms in total. The second-order valence-electron chi connectivity index (χ2n) is 4.59. The van der Waals surface area contributed by atoms with Gasteiger partial charge in [-0.05, 0) is 24.0 Å². The highest BCUT2D eigenvalue weighted by atomic mass is 16.4. The highest BCUT2D eigenvalue weighted by Crippen LogP contribution is 2.35. The molecule has 4 N–H and O–H groups in total. The van der Waals surface area contributed by atoms with E-state index in [4.69, 9.17) is 10.8 Å². The lowest BCUT2D eigenvalue weighted by Gasteiger charge is -2.20. The summed E-state index contributed by atoms with van der Waals surface area (Å²) in [5.41, 5.74) is 8.04. The number of carboxylic acid groups (broad SMARTS) is 1. The van der Waals surface area contributed by atoms with Crippen molar-refractivity contribution in [3.8, 4) is 5.75 Å². The number of aliphatic carboxylic acids is 1. The number of nitrogens with two attached hydrogens (primary N) is 1. The first-order valence-electron chi connectivity index (χ1n) is 5.64. The molecule has 1 unspecified atom stereocenters. The monoisotopic (exact) mass is 237 g/mol. The lowest BCUT2D eigenvalue weighted by atomic mass is 9.89. The molecule has 0 bridgehead atoms. The fourth-order valence-corrected chi connectivity index (χ4v) is 1.92. The minimum atomic E-state index is -0.965. The van der Waals surface area contributed by atoms with Gasteiger partial charge in [-0.1, -0.05) is 26.0 Å². The van der Waals surface area contributed by atoms with E-state index in [-0.39, 0.29) is 18.1 Å². The molecule has 0 saturated heterocycles. The first kappa shape index (κ1) is 13.5. The number of hydrogen-bond acceptors (Lipinski definition) is 3. The summed E-state index contributed by atoms with van der Waals surface area (Å²) in [5.74, 6) is -0.658. The topological polar surface area (TPSA) is 83.6 Å². The number of phenols is 1. The predicted molar refractivity (Wildman–Crippen MR) is 66.1 cm³/mol. The van der Waals surface area contributed by atoms with Gasteiger partial charge in [0, 0.05) is 11.6 Å². The van der Waals surface area contributed by atoms with Gasteiger partial charge in [0.05, 0.1) is 6.42 Å². The lowest BCUT2D eigenvalue weighted by molar-refractivity contribution is -0.137. The van der Waals surface area contributed by atoms with Crippen LogP contribution in [-0.2, 0) is 4.79 Å². The van der Waals surface area contributed by atoms with E-state index in [1.165, 1.54) is 0 Å². The maximum atomic E-state index is 10.7. The molecule has 4 heteroatoms. The van der Waals surface area contributed by atoms with E-state index < -0.39 is 12.0 Å². The van der Waals surface area contributed by atoms with Crippen LogP contribution in [0.4, 0.5) is 0 Å². The molecule has 0 aliphatic rings. The molecule has 0 aliphatic carbocycles. The molecular formula is C13H19NO3. The van der Waals surface area contributed by atoms with Crippen LogP contribution >= 0.6 is 0 Å². The van der Waals surface area contributed by atoms with Crippen molar-refractivity contribution in [3.63, 3.8) is 0 Å². The first-order chi connectivity index (χ1) is 7.84.